The average molecular weight is 607 g/mol. The fourth-order valence-corrected chi connectivity index (χ4v) is 9.90. The number of alkyl halides is 3. The molecule has 0 aliphatic heterocycles. The molecule has 224 valence electrons. The Balaban J connectivity index is 2.27. The van der Waals surface area contributed by atoms with Crippen LogP contribution in [0, 0.1) is 16.7 Å². The van der Waals surface area contributed by atoms with E-state index in [1.807, 2.05) is 20.8 Å². The van der Waals surface area contributed by atoms with E-state index in [4.69, 9.17) is 17.8 Å². The monoisotopic (exact) mass is 606 g/mol. The largest absolute Gasteiger partial charge is 0.534 e. The number of rotatable bonds is 11. The number of carbonyl (C=O) groups excluding carboxylic acids is 2. The van der Waals surface area contributed by atoms with Crippen LogP contribution < -0.4 is 0 Å². The van der Waals surface area contributed by atoms with Crippen LogP contribution in [0.4, 0.5) is 13.2 Å². The van der Waals surface area contributed by atoms with E-state index in [2.05, 4.69) is 0 Å². The van der Waals surface area contributed by atoms with Crippen molar-refractivity contribution in [2.45, 2.75) is 83.6 Å². The summed E-state index contributed by atoms with van der Waals surface area (Å²) in [5.74, 6) is -2.41. The van der Waals surface area contributed by atoms with Crippen LogP contribution in [-0.2, 0) is 28.3 Å². The van der Waals surface area contributed by atoms with Gasteiger partial charge in [-0.05, 0) is 43.1 Å². The first-order valence-corrected chi connectivity index (χ1v) is 17.2. The molecular weight excluding hydrogens is 569 g/mol. The van der Waals surface area contributed by atoms with Gasteiger partial charge < -0.3 is 17.8 Å². The van der Waals surface area contributed by atoms with Crippen LogP contribution in [0.5, 0.6) is 0 Å². The summed E-state index contributed by atoms with van der Waals surface area (Å²) in [5, 5.41) is 0. The van der Waals surface area contributed by atoms with Gasteiger partial charge in [0.25, 0.3) is 0 Å². The van der Waals surface area contributed by atoms with E-state index in [0.717, 1.165) is 18.1 Å². The second kappa shape index (κ2) is 11.5. The predicted octanol–water partition coefficient (Wildman–Crippen LogP) is 6.53. The van der Waals surface area contributed by atoms with Crippen molar-refractivity contribution in [3.05, 3.63) is 47.6 Å². The minimum atomic E-state index is -6.05. The van der Waals surface area contributed by atoms with Crippen molar-refractivity contribution in [1.82, 2.24) is 0 Å². The number of Topliss-reactive ketones (excluding diaryl/α,β-unsaturated/α-hetero) is 1. The Bertz CT molecular complexity index is 1260. The van der Waals surface area contributed by atoms with E-state index < -0.39 is 70.7 Å². The van der Waals surface area contributed by atoms with Crippen molar-refractivity contribution >= 4 is 30.2 Å². The molecule has 8 nitrogen and oxygen atoms in total. The maximum Gasteiger partial charge on any atom is 0.534 e. The molecule has 1 aromatic heterocycles. The lowest BCUT2D eigenvalue weighted by molar-refractivity contribution is -0.140. The zero-order valence-electron chi connectivity index (χ0n) is 23.6. The second-order valence-corrected chi connectivity index (χ2v) is 17.2. The number of allylic oxidation sites excluding steroid dienone is 2. The molecule has 0 spiro atoms. The molecule has 2 aliphatic carbocycles. The van der Waals surface area contributed by atoms with E-state index in [1.54, 1.807) is 13.0 Å². The van der Waals surface area contributed by atoms with Gasteiger partial charge in [0.1, 0.15) is 12.0 Å². The maximum absolute atomic E-state index is 13.5. The molecule has 0 fully saturated rings. The third kappa shape index (κ3) is 5.69. The molecule has 0 saturated carbocycles. The summed E-state index contributed by atoms with van der Waals surface area (Å²) in [5.41, 5.74) is -7.90. The van der Waals surface area contributed by atoms with Crippen molar-refractivity contribution in [3.8, 4) is 0 Å². The first-order valence-electron chi connectivity index (χ1n) is 13.3. The molecule has 3 rings (SSSR count). The molecule has 1 aromatic rings. The molecular formula is C27H37F3O8SSi. The number of furan rings is 1. The number of hydrogen-bond donors (Lipinski definition) is 0. The minimum absolute atomic E-state index is 0.0322. The van der Waals surface area contributed by atoms with Crippen LogP contribution in [0.15, 0.2) is 46.5 Å². The lowest BCUT2D eigenvalue weighted by Gasteiger charge is -2.57. The molecule has 0 amide bonds. The van der Waals surface area contributed by atoms with Gasteiger partial charge in [-0.2, -0.15) is 21.6 Å². The topological polar surface area (TPSA) is 109 Å². The highest BCUT2D eigenvalue weighted by molar-refractivity contribution is 7.87. The summed E-state index contributed by atoms with van der Waals surface area (Å²) in [6.07, 6.45) is 4.62. The molecule has 0 radical (unpaired) electrons. The lowest BCUT2D eigenvalue weighted by Crippen LogP contribution is -2.57. The molecule has 1 heterocycles. The first kappa shape index (κ1) is 32.1. The van der Waals surface area contributed by atoms with Gasteiger partial charge in [0.05, 0.1) is 25.0 Å². The number of esters is 1. The highest BCUT2D eigenvalue weighted by Gasteiger charge is 2.62. The van der Waals surface area contributed by atoms with Gasteiger partial charge in [0, 0.05) is 28.7 Å². The summed E-state index contributed by atoms with van der Waals surface area (Å²) in [7, 11) is -7.15. The zero-order chi connectivity index (χ0) is 30.1. The van der Waals surface area contributed by atoms with Crippen LogP contribution in [0.3, 0.4) is 0 Å². The van der Waals surface area contributed by atoms with Crippen LogP contribution in [-0.4, -0.2) is 47.2 Å². The van der Waals surface area contributed by atoms with Gasteiger partial charge in [0.2, 0.25) is 0 Å². The Morgan fingerprint density at radius 3 is 2.25 bits per heavy atom. The quantitative estimate of drug-likeness (QED) is 0.0920. The predicted molar refractivity (Wildman–Crippen MR) is 143 cm³/mol. The lowest BCUT2D eigenvalue weighted by atomic mass is 9.50. The number of methoxy groups -OCH3 is 1. The first-order chi connectivity index (χ1) is 18.5. The number of hydrogen-bond acceptors (Lipinski definition) is 8. The zero-order valence-corrected chi connectivity index (χ0v) is 25.4. The summed E-state index contributed by atoms with van der Waals surface area (Å²) in [6.45, 7) is 9.38. The molecule has 0 bridgehead atoms. The molecule has 0 saturated heterocycles. The van der Waals surface area contributed by atoms with Gasteiger partial charge in [-0.15, -0.1) is 0 Å². The molecule has 4 atom stereocenters. The van der Waals surface area contributed by atoms with Gasteiger partial charge in [-0.1, -0.05) is 40.7 Å². The van der Waals surface area contributed by atoms with Crippen LogP contribution >= 0.6 is 0 Å². The molecule has 0 unspecified atom stereocenters. The summed E-state index contributed by atoms with van der Waals surface area (Å²) >= 11 is 0. The number of ether oxygens (including phenoxy) is 1. The number of ketones is 1. The van der Waals surface area contributed by atoms with Crippen LogP contribution in [0.2, 0.25) is 18.1 Å². The molecule has 2 aliphatic rings. The van der Waals surface area contributed by atoms with E-state index in [0.29, 0.717) is 5.57 Å². The Labute approximate surface area is 234 Å². The van der Waals surface area contributed by atoms with Crippen molar-refractivity contribution in [2.75, 3.05) is 7.11 Å². The molecule has 0 aromatic carbocycles. The van der Waals surface area contributed by atoms with E-state index in [9.17, 15) is 31.2 Å². The fourth-order valence-electron chi connectivity index (χ4n) is 6.44. The highest BCUT2D eigenvalue weighted by atomic mass is 32.2. The number of fused-ring (bicyclic) bond motifs is 1. The van der Waals surface area contributed by atoms with Crippen LogP contribution in [0.1, 0.15) is 64.2 Å². The summed E-state index contributed by atoms with van der Waals surface area (Å²) < 4.78 is 86.7. The average Bonchev–Trinajstić information content (AvgIpc) is 3.43. The Morgan fingerprint density at radius 2 is 1.75 bits per heavy atom. The fraction of sp³-hybridized carbons (Fsp3) is 0.630. The third-order valence-corrected chi connectivity index (χ3v) is 14.4. The number of halogens is 3. The minimum Gasteiger partial charge on any atom is -0.472 e. The van der Waals surface area contributed by atoms with Crippen molar-refractivity contribution < 1.29 is 48.9 Å². The van der Waals surface area contributed by atoms with Crippen molar-refractivity contribution in [2.24, 2.45) is 16.7 Å². The summed E-state index contributed by atoms with van der Waals surface area (Å²) in [4.78, 5) is 26.4. The number of carbonyl (C=O) groups is 2. The highest BCUT2D eigenvalue weighted by Crippen LogP contribution is 2.61. The Hall–Kier alpha value is -2.38. The molecule has 0 N–H and O–H groups in total. The summed E-state index contributed by atoms with van der Waals surface area (Å²) in [6, 6.07) is 3.75. The van der Waals surface area contributed by atoms with Gasteiger partial charge in [-0.25, -0.2) is 4.79 Å². The second-order valence-electron chi connectivity index (χ2n) is 10.9. The van der Waals surface area contributed by atoms with Gasteiger partial charge >= 0.3 is 21.6 Å². The van der Waals surface area contributed by atoms with Gasteiger partial charge in [-0.3, -0.25) is 4.79 Å². The smallest absolute Gasteiger partial charge is 0.472 e. The Morgan fingerprint density at radius 1 is 1.12 bits per heavy atom. The SMILES string of the molecule is CC[Si](CC)(CC)O[C@H]1CC=C(C(=O)OC)[C@]2(C)CC=C(OS(=O)(=O)C(F)(F)F)[C@](C)(CC(=O)c3ccoc3)[C@@H]12. The normalized spacial score (nSPS) is 27.3. The third-order valence-electron chi connectivity index (χ3n) is 8.78. The molecule has 13 heteroatoms. The van der Waals surface area contributed by atoms with Crippen LogP contribution in [0.25, 0.3) is 0 Å². The van der Waals surface area contributed by atoms with Crippen molar-refractivity contribution in [1.29, 1.82) is 0 Å². The maximum atomic E-state index is 13.5. The van der Waals surface area contributed by atoms with E-state index in [1.165, 1.54) is 38.7 Å². The van der Waals surface area contributed by atoms with E-state index >= 15 is 0 Å². The Kier molecular flexibility index (Phi) is 9.22. The standard InChI is InChI=1S/C27H37F3O8SSi/c1-7-40(8-2,9-3)38-21-11-10-19(24(32)35-6)25(4)14-12-22(37-39(33,34)27(28,29)30)26(5,23(21)25)16-20(31)18-13-15-36-17-18/h10,12-13,15,17,21,23H,7-9,11,14,16H2,1-6H3/t21-,23-,25-,26-/m0/s1. The van der Waals surface area contributed by atoms with Crippen molar-refractivity contribution in [3.63, 3.8) is 0 Å². The molecule has 40 heavy (non-hydrogen) atoms. The van der Waals surface area contributed by atoms with Gasteiger partial charge in [0.15, 0.2) is 14.1 Å². The van der Waals surface area contributed by atoms with E-state index in [-0.39, 0.29) is 18.4 Å².